The molecule has 0 aromatic carbocycles. The number of hydrogen-bond acceptors (Lipinski definition) is 5. The van der Waals surface area contributed by atoms with Gasteiger partial charge in [0.05, 0.1) is 7.11 Å². The summed E-state index contributed by atoms with van der Waals surface area (Å²) in [6.07, 6.45) is 3.95. The molecule has 0 aromatic rings. The molecule has 0 aliphatic heterocycles. The number of nitrogens with zero attached hydrogens (tertiary/aromatic N) is 2. The van der Waals surface area contributed by atoms with Crippen LogP contribution >= 0.6 is 0 Å². The lowest BCUT2D eigenvalue weighted by Gasteiger charge is -2.42. The highest BCUT2D eigenvalue weighted by atomic mass is 16.5. The van der Waals surface area contributed by atoms with Crippen molar-refractivity contribution < 1.29 is 9.53 Å². The summed E-state index contributed by atoms with van der Waals surface area (Å²) < 4.78 is 5.04. The Balaban J connectivity index is 2.69. The van der Waals surface area contributed by atoms with Crippen LogP contribution in [-0.4, -0.2) is 75.2 Å². The van der Waals surface area contributed by atoms with Gasteiger partial charge in [0.1, 0.15) is 5.54 Å². The Kier molecular flexibility index (Phi) is 6.92. The summed E-state index contributed by atoms with van der Waals surface area (Å²) in [5.74, 6) is -0.106. The zero-order chi connectivity index (χ0) is 15.2. The van der Waals surface area contributed by atoms with Gasteiger partial charge in [0.2, 0.25) is 0 Å². The molecule has 0 bridgehead atoms. The van der Waals surface area contributed by atoms with E-state index in [1.165, 1.54) is 7.11 Å². The quantitative estimate of drug-likeness (QED) is 0.706. The minimum atomic E-state index is -0.487. The molecular weight excluding hydrogens is 254 g/mol. The Morgan fingerprint density at radius 1 is 1.35 bits per heavy atom. The third-order valence-corrected chi connectivity index (χ3v) is 4.34. The van der Waals surface area contributed by atoms with Crippen molar-refractivity contribution in [2.45, 2.75) is 44.2 Å². The monoisotopic (exact) mass is 285 g/mol. The van der Waals surface area contributed by atoms with E-state index < -0.39 is 5.54 Å². The van der Waals surface area contributed by atoms with E-state index in [-0.39, 0.29) is 5.97 Å². The molecular formula is C15H31N3O2. The molecule has 1 aliphatic rings. The van der Waals surface area contributed by atoms with Gasteiger partial charge in [-0.2, -0.15) is 0 Å². The first-order valence-electron chi connectivity index (χ1n) is 7.63. The van der Waals surface area contributed by atoms with Crippen molar-refractivity contribution in [3.8, 4) is 0 Å². The molecule has 0 aromatic heterocycles. The minimum absolute atomic E-state index is 0.106. The Morgan fingerprint density at radius 3 is 2.60 bits per heavy atom. The Hall–Kier alpha value is -0.650. The average Bonchev–Trinajstić information content (AvgIpc) is 2.44. The van der Waals surface area contributed by atoms with Gasteiger partial charge >= 0.3 is 5.97 Å². The molecule has 0 radical (unpaired) electrons. The van der Waals surface area contributed by atoms with Crippen LogP contribution in [0, 0.1) is 0 Å². The number of rotatable bonds is 7. The molecule has 20 heavy (non-hydrogen) atoms. The molecule has 1 rings (SSSR count). The van der Waals surface area contributed by atoms with Gasteiger partial charge in [-0.15, -0.1) is 0 Å². The third-order valence-electron chi connectivity index (χ3n) is 4.34. The van der Waals surface area contributed by atoms with Crippen LogP contribution in [0.4, 0.5) is 0 Å². The first kappa shape index (κ1) is 17.4. The molecule has 2 unspecified atom stereocenters. The minimum Gasteiger partial charge on any atom is -0.468 e. The first-order chi connectivity index (χ1) is 9.45. The van der Waals surface area contributed by atoms with Gasteiger partial charge in [0.25, 0.3) is 0 Å². The van der Waals surface area contributed by atoms with E-state index in [1.54, 1.807) is 0 Å². The molecule has 118 valence electrons. The summed E-state index contributed by atoms with van der Waals surface area (Å²) in [7, 11) is 7.83. The molecule has 1 saturated carbocycles. The van der Waals surface area contributed by atoms with Crippen LogP contribution in [0.5, 0.6) is 0 Å². The summed E-state index contributed by atoms with van der Waals surface area (Å²) in [5, 5.41) is 3.39. The van der Waals surface area contributed by atoms with Crippen molar-refractivity contribution in [2.24, 2.45) is 0 Å². The topological polar surface area (TPSA) is 44.8 Å². The zero-order valence-corrected chi connectivity index (χ0v) is 13.7. The average molecular weight is 285 g/mol. The van der Waals surface area contributed by atoms with Crippen LogP contribution in [0.3, 0.4) is 0 Å². The molecule has 1 aliphatic carbocycles. The van der Waals surface area contributed by atoms with Crippen LogP contribution in [-0.2, 0) is 9.53 Å². The number of carbonyl (C=O) groups excluding carboxylic acids is 1. The van der Waals surface area contributed by atoms with Gasteiger partial charge in [0.15, 0.2) is 0 Å². The first-order valence-corrected chi connectivity index (χ1v) is 7.63. The van der Waals surface area contributed by atoms with Crippen LogP contribution in [0.2, 0.25) is 0 Å². The van der Waals surface area contributed by atoms with Gasteiger partial charge in [0, 0.05) is 19.1 Å². The van der Waals surface area contributed by atoms with Crippen LogP contribution in [0.1, 0.15) is 32.6 Å². The maximum absolute atomic E-state index is 12.2. The van der Waals surface area contributed by atoms with Gasteiger partial charge in [-0.25, -0.2) is 0 Å². The molecule has 0 spiro atoms. The molecule has 5 nitrogen and oxygen atoms in total. The number of hydrogen-bond donors (Lipinski definition) is 1. The summed E-state index contributed by atoms with van der Waals surface area (Å²) >= 11 is 0. The maximum Gasteiger partial charge on any atom is 0.326 e. The van der Waals surface area contributed by atoms with Crippen molar-refractivity contribution in [3.05, 3.63) is 0 Å². The Labute approximate surface area is 123 Å². The van der Waals surface area contributed by atoms with E-state index in [4.69, 9.17) is 4.74 Å². The second-order valence-electron chi connectivity index (χ2n) is 6.14. The third kappa shape index (κ3) is 4.43. The van der Waals surface area contributed by atoms with Crippen molar-refractivity contribution in [1.29, 1.82) is 0 Å². The molecule has 1 N–H and O–H groups in total. The smallest absolute Gasteiger partial charge is 0.326 e. The van der Waals surface area contributed by atoms with Gasteiger partial charge in [-0.3, -0.25) is 4.79 Å². The van der Waals surface area contributed by atoms with E-state index in [9.17, 15) is 4.79 Å². The zero-order valence-electron chi connectivity index (χ0n) is 13.7. The highest BCUT2D eigenvalue weighted by molar-refractivity contribution is 5.81. The molecule has 0 amide bonds. The molecule has 1 fully saturated rings. The molecule has 2 atom stereocenters. The summed E-state index contributed by atoms with van der Waals surface area (Å²) in [6.45, 7) is 4.91. The maximum atomic E-state index is 12.2. The van der Waals surface area contributed by atoms with Crippen LogP contribution < -0.4 is 5.32 Å². The Bertz CT molecular complexity index is 305. The predicted octanol–water partition coefficient (Wildman–Crippen LogP) is 0.944. The highest BCUT2D eigenvalue weighted by Gasteiger charge is 2.43. The van der Waals surface area contributed by atoms with E-state index in [2.05, 4.69) is 36.3 Å². The normalized spacial score (nSPS) is 27.1. The van der Waals surface area contributed by atoms with Crippen molar-refractivity contribution in [1.82, 2.24) is 15.1 Å². The summed E-state index contributed by atoms with van der Waals surface area (Å²) in [5.41, 5.74) is -0.487. The number of methoxy groups -OCH3 is 1. The fraction of sp³-hybridized carbons (Fsp3) is 0.933. The van der Waals surface area contributed by atoms with Gasteiger partial charge < -0.3 is 19.9 Å². The van der Waals surface area contributed by atoms with Crippen LogP contribution in [0.15, 0.2) is 0 Å². The SMILES string of the molecule is CCNC1(C(=O)OC)CCCC(N(C)CCN(C)C)C1. The van der Waals surface area contributed by atoms with E-state index in [0.29, 0.717) is 6.04 Å². The van der Waals surface area contributed by atoms with Crippen molar-refractivity contribution >= 4 is 5.97 Å². The Morgan fingerprint density at radius 2 is 2.05 bits per heavy atom. The lowest BCUT2D eigenvalue weighted by atomic mass is 9.78. The van der Waals surface area contributed by atoms with Gasteiger partial charge in [-0.1, -0.05) is 6.92 Å². The lowest BCUT2D eigenvalue weighted by molar-refractivity contribution is -0.151. The number of carbonyl (C=O) groups is 1. The fourth-order valence-corrected chi connectivity index (χ4v) is 3.11. The lowest BCUT2D eigenvalue weighted by Crippen LogP contribution is -2.58. The fourth-order valence-electron chi connectivity index (χ4n) is 3.11. The molecule has 0 heterocycles. The number of likely N-dealkylation sites (N-methyl/N-ethyl adjacent to an activating group) is 3. The summed E-state index contributed by atoms with van der Waals surface area (Å²) in [4.78, 5) is 16.8. The molecule has 5 heteroatoms. The number of nitrogens with one attached hydrogen (secondary N) is 1. The van der Waals surface area contributed by atoms with E-state index in [1.807, 2.05) is 6.92 Å². The largest absolute Gasteiger partial charge is 0.468 e. The van der Waals surface area contributed by atoms with E-state index >= 15 is 0 Å². The molecule has 0 saturated heterocycles. The predicted molar refractivity (Wildman–Crippen MR) is 81.9 cm³/mol. The number of esters is 1. The highest BCUT2D eigenvalue weighted by Crippen LogP contribution is 2.32. The second-order valence-corrected chi connectivity index (χ2v) is 6.14. The van der Waals surface area contributed by atoms with E-state index in [0.717, 1.165) is 45.3 Å². The van der Waals surface area contributed by atoms with Crippen LogP contribution in [0.25, 0.3) is 0 Å². The van der Waals surface area contributed by atoms with Gasteiger partial charge in [-0.05, 0) is 53.4 Å². The van der Waals surface area contributed by atoms with Crippen molar-refractivity contribution in [3.63, 3.8) is 0 Å². The second kappa shape index (κ2) is 7.96. The standard InChI is InChI=1S/C15H31N3O2/c1-6-16-15(14(19)20-5)9-7-8-13(12-15)18(4)11-10-17(2)3/h13,16H,6-12H2,1-5H3. The van der Waals surface area contributed by atoms with Crippen molar-refractivity contribution in [2.75, 3.05) is 47.9 Å². The summed E-state index contributed by atoms with van der Waals surface area (Å²) in [6, 6.07) is 0.446. The number of ether oxygens (including phenoxy) is 1.